The Kier molecular flexibility index (Phi) is 3.15. The third-order valence-electron chi connectivity index (χ3n) is 2.31. The molecule has 0 unspecified atom stereocenters. The zero-order valence-corrected chi connectivity index (χ0v) is 10.1. The zero-order valence-electron chi connectivity index (χ0n) is 9.31. The number of imidazole rings is 1. The number of nitrogens with zero attached hydrogens (tertiary/aromatic N) is 2. The molecule has 0 fully saturated rings. The highest BCUT2D eigenvalue weighted by Gasteiger charge is 2.05. The Labute approximate surface area is 100 Å². The zero-order chi connectivity index (χ0) is 11.5. The summed E-state index contributed by atoms with van der Waals surface area (Å²) in [5.41, 5.74) is 0.945. The molecule has 2 rings (SSSR count). The highest BCUT2D eigenvalue weighted by atomic mass is 35.5. The molecule has 0 saturated heterocycles. The minimum Gasteiger partial charge on any atom is -0.326 e. The van der Waals surface area contributed by atoms with Crippen LogP contribution in [-0.4, -0.2) is 9.55 Å². The lowest BCUT2D eigenvalue weighted by atomic mass is 10.3. The third kappa shape index (κ3) is 2.36. The van der Waals surface area contributed by atoms with Crippen LogP contribution in [-0.2, 0) is 0 Å². The van der Waals surface area contributed by atoms with E-state index in [0.29, 0.717) is 11.1 Å². The quantitative estimate of drug-likeness (QED) is 0.876. The van der Waals surface area contributed by atoms with Crippen LogP contribution in [0.5, 0.6) is 0 Å². The van der Waals surface area contributed by atoms with Crippen LogP contribution in [0, 0.1) is 0 Å². The molecule has 0 aliphatic carbocycles. The van der Waals surface area contributed by atoms with E-state index >= 15 is 0 Å². The van der Waals surface area contributed by atoms with Crippen molar-refractivity contribution in [2.24, 2.45) is 0 Å². The number of benzene rings is 1. The summed E-state index contributed by atoms with van der Waals surface area (Å²) in [7, 11) is 0. The number of anilines is 2. The van der Waals surface area contributed by atoms with Gasteiger partial charge >= 0.3 is 0 Å². The Morgan fingerprint density at radius 2 is 2.19 bits per heavy atom. The molecule has 1 aromatic heterocycles. The first-order chi connectivity index (χ1) is 7.66. The first kappa shape index (κ1) is 11.0. The molecule has 0 bridgehead atoms. The summed E-state index contributed by atoms with van der Waals surface area (Å²) in [6, 6.07) is 7.98. The van der Waals surface area contributed by atoms with Gasteiger partial charge in [0, 0.05) is 29.1 Å². The summed E-state index contributed by atoms with van der Waals surface area (Å²) >= 11 is 5.92. The number of halogens is 1. The van der Waals surface area contributed by atoms with Gasteiger partial charge in [-0.2, -0.15) is 0 Å². The Morgan fingerprint density at radius 1 is 1.38 bits per heavy atom. The van der Waals surface area contributed by atoms with Crippen LogP contribution in [0.3, 0.4) is 0 Å². The van der Waals surface area contributed by atoms with E-state index in [4.69, 9.17) is 11.6 Å². The molecular formula is C12H14ClN3. The van der Waals surface area contributed by atoms with Crippen molar-refractivity contribution in [2.45, 2.75) is 19.9 Å². The van der Waals surface area contributed by atoms with Gasteiger partial charge < -0.3 is 9.88 Å². The molecule has 0 aliphatic heterocycles. The smallest absolute Gasteiger partial charge is 0.207 e. The minimum absolute atomic E-state index is 0.379. The molecular weight excluding hydrogens is 222 g/mol. The van der Waals surface area contributed by atoms with E-state index in [1.165, 1.54) is 0 Å². The first-order valence-corrected chi connectivity index (χ1v) is 5.60. The van der Waals surface area contributed by atoms with E-state index in [-0.39, 0.29) is 0 Å². The fourth-order valence-corrected chi connectivity index (χ4v) is 1.71. The van der Waals surface area contributed by atoms with E-state index in [1.54, 1.807) is 6.20 Å². The summed E-state index contributed by atoms with van der Waals surface area (Å²) in [5.74, 6) is 0.831. The van der Waals surface area contributed by atoms with Gasteiger partial charge in [0.2, 0.25) is 5.95 Å². The second-order valence-corrected chi connectivity index (χ2v) is 4.32. The van der Waals surface area contributed by atoms with Crippen molar-refractivity contribution < 1.29 is 0 Å². The van der Waals surface area contributed by atoms with Crippen molar-refractivity contribution in [1.82, 2.24) is 9.55 Å². The number of nitrogens with one attached hydrogen (secondary N) is 1. The van der Waals surface area contributed by atoms with E-state index < -0.39 is 0 Å². The van der Waals surface area contributed by atoms with Crippen LogP contribution < -0.4 is 5.32 Å². The standard InChI is InChI=1S/C12H14ClN3/c1-9(2)16-7-6-14-12(16)15-11-5-3-4-10(13)8-11/h3-9H,1-2H3,(H,14,15). The SMILES string of the molecule is CC(C)n1ccnc1Nc1cccc(Cl)c1. The Balaban J connectivity index is 2.24. The number of aromatic nitrogens is 2. The summed E-state index contributed by atoms with van der Waals surface area (Å²) in [6.45, 7) is 4.23. The molecule has 16 heavy (non-hydrogen) atoms. The number of hydrogen-bond donors (Lipinski definition) is 1. The molecule has 0 spiro atoms. The van der Waals surface area contributed by atoms with E-state index in [0.717, 1.165) is 11.6 Å². The highest BCUT2D eigenvalue weighted by Crippen LogP contribution is 2.20. The fourth-order valence-electron chi connectivity index (χ4n) is 1.52. The molecule has 84 valence electrons. The molecule has 3 nitrogen and oxygen atoms in total. The second kappa shape index (κ2) is 4.58. The first-order valence-electron chi connectivity index (χ1n) is 5.22. The van der Waals surface area contributed by atoms with Gasteiger partial charge in [0.15, 0.2) is 0 Å². The van der Waals surface area contributed by atoms with Gasteiger partial charge in [-0.3, -0.25) is 0 Å². The van der Waals surface area contributed by atoms with Crippen molar-refractivity contribution in [2.75, 3.05) is 5.32 Å². The summed E-state index contributed by atoms with van der Waals surface area (Å²) in [4.78, 5) is 4.27. The highest BCUT2D eigenvalue weighted by molar-refractivity contribution is 6.30. The maximum atomic E-state index is 5.92. The van der Waals surface area contributed by atoms with Crippen molar-refractivity contribution in [3.8, 4) is 0 Å². The molecule has 0 saturated carbocycles. The predicted octanol–water partition coefficient (Wildman–Crippen LogP) is 3.86. The van der Waals surface area contributed by atoms with Crippen molar-refractivity contribution in [3.63, 3.8) is 0 Å². The normalized spacial score (nSPS) is 10.8. The van der Waals surface area contributed by atoms with Crippen LogP contribution in [0.1, 0.15) is 19.9 Å². The molecule has 0 atom stereocenters. The van der Waals surface area contributed by atoms with Gasteiger partial charge in [-0.15, -0.1) is 0 Å². The molecule has 1 heterocycles. The molecule has 4 heteroatoms. The number of rotatable bonds is 3. The monoisotopic (exact) mass is 235 g/mol. The van der Waals surface area contributed by atoms with Gasteiger partial charge in [-0.05, 0) is 32.0 Å². The van der Waals surface area contributed by atoms with Crippen LogP contribution in [0.4, 0.5) is 11.6 Å². The average Bonchev–Trinajstić information content (AvgIpc) is 2.66. The van der Waals surface area contributed by atoms with Gasteiger partial charge in [0.05, 0.1) is 0 Å². The second-order valence-electron chi connectivity index (χ2n) is 3.89. The summed E-state index contributed by atoms with van der Waals surface area (Å²) < 4.78 is 2.07. The molecule has 1 N–H and O–H groups in total. The van der Waals surface area contributed by atoms with Gasteiger partial charge in [0.1, 0.15) is 0 Å². The average molecular weight is 236 g/mol. The van der Waals surface area contributed by atoms with Gasteiger partial charge in [-0.25, -0.2) is 4.98 Å². The van der Waals surface area contributed by atoms with E-state index in [9.17, 15) is 0 Å². The Hall–Kier alpha value is -1.48. The maximum absolute atomic E-state index is 5.92. The van der Waals surface area contributed by atoms with Crippen LogP contribution in [0.25, 0.3) is 0 Å². The van der Waals surface area contributed by atoms with Gasteiger partial charge in [-0.1, -0.05) is 17.7 Å². The molecule has 1 aromatic carbocycles. The van der Waals surface area contributed by atoms with E-state index in [1.807, 2.05) is 30.5 Å². The van der Waals surface area contributed by atoms with Crippen LogP contribution in [0.15, 0.2) is 36.7 Å². The van der Waals surface area contributed by atoms with Crippen molar-refractivity contribution >= 4 is 23.2 Å². The van der Waals surface area contributed by atoms with Crippen LogP contribution >= 0.6 is 11.6 Å². The fraction of sp³-hybridized carbons (Fsp3) is 0.250. The molecule has 0 aliphatic rings. The summed E-state index contributed by atoms with van der Waals surface area (Å²) in [6.07, 6.45) is 3.74. The lowest BCUT2D eigenvalue weighted by molar-refractivity contribution is 0.608. The minimum atomic E-state index is 0.379. The number of hydrogen-bond acceptors (Lipinski definition) is 2. The van der Waals surface area contributed by atoms with Gasteiger partial charge in [0.25, 0.3) is 0 Å². The van der Waals surface area contributed by atoms with Crippen molar-refractivity contribution in [1.29, 1.82) is 0 Å². The van der Waals surface area contributed by atoms with Crippen LogP contribution in [0.2, 0.25) is 5.02 Å². The lowest BCUT2D eigenvalue weighted by Crippen LogP contribution is -2.04. The predicted molar refractivity (Wildman–Crippen MR) is 67.3 cm³/mol. The van der Waals surface area contributed by atoms with Crippen molar-refractivity contribution in [3.05, 3.63) is 41.7 Å². The molecule has 2 aromatic rings. The lowest BCUT2D eigenvalue weighted by Gasteiger charge is -2.12. The summed E-state index contributed by atoms with van der Waals surface area (Å²) in [5, 5.41) is 3.96. The largest absolute Gasteiger partial charge is 0.326 e. The Morgan fingerprint density at radius 3 is 2.88 bits per heavy atom. The molecule has 0 radical (unpaired) electrons. The van der Waals surface area contributed by atoms with E-state index in [2.05, 4.69) is 28.7 Å². The molecule has 0 amide bonds. The maximum Gasteiger partial charge on any atom is 0.207 e. The Bertz CT molecular complexity index is 477. The topological polar surface area (TPSA) is 29.9 Å². The third-order valence-corrected chi connectivity index (χ3v) is 2.54.